The lowest BCUT2D eigenvalue weighted by Crippen LogP contribution is -2.42. The molecule has 1 amide bonds. The number of carbonyl (C=O) groups excluding carboxylic acids is 1. The Balaban J connectivity index is 2.61. The van der Waals surface area contributed by atoms with Gasteiger partial charge in [-0.25, -0.2) is 0 Å². The van der Waals surface area contributed by atoms with Crippen molar-refractivity contribution >= 4 is 40.7 Å². The zero-order valence-corrected chi connectivity index (χ0v) is 14.7. The van der Waals surface area contributed by atoms with Gasteiger partial charge >= 0.3 is 0 Å². The zero-order valence-electron chi connectivity index (χ0n) is 12.4. The summed E-state index contributed by atoms with van der Waals surface area (Å²) in [6.45, 7) is 2.45. The smallest absolute Gasteiger partial charge is 0.282 e. The first kappa shape index (κ1) is 17.6. The third kappa shape index (κ3) is 2.65. The highest BCUT2D eigenvalue weighted by Gasteiger charge is 2.49. The van der Waals surface area contributed by atoms with Crippen molar-refractivity contribution in [2.75, 3.05) is 20.8 Å². The second kappa shape index (κ2) is 6.81. The maximum Gasteiger partial charge on any atom is 0.282 e. The average Bonchev–Trinajstić information content (AvgIpc) is 2.82. The Labute approximate surface area is 143 Å². The molecule has 0 aromatic heterocycles. The number of amides is 1. The van der Waals surface area contributed by atoms with Crippen molar-refractivity contribution in [3.63, 3.8) is 0 Å². The summed E-state index contributed by atoms with van der Waals surface area (Å²) in [5.41, 5.74) is 0.397. The SMILES string of the molecule is CCCCOc1c(Cl)c(Cl)c2c(c1Cl)C(=O)NC2(OC)OC. The van der Waals surface area contributed by atoms with Crippen LogP contribution in [-0.2, 0) is 15.4 Å². The number of nitrogens with one attached hydrogen (secondary N) is 1. The normalized spacial score (nSPS) is 15.6. The van der Waals surface area contributed by atoms with E-state index in [4.69, 9.17) is 49.0 Å². The molecule has 5 nitrogen and oxygen atoms in total. The van der Waals surface area contributed by atoms with E-state index in [1.807, 2.05) is 6.92 Å². The van der Waals surface area contributed by atoms with Crippen LogP contribution in [-0.4, -0.2) is 26.7 Å². The molecule has 22 heavy (non-hydrogen) atoms. The topological polar surface area (TPSA) is 56.8 Å². The summed E-state index contributed by atoms with van der Waals surface area (Å²) in [7, 11) is 2.76. The van der Waals surface area contributed by atoms with Crippen LogP contribution in [0.2, 0.25) is 15.1 Å². The van der Waals surface area contributed by atoms with Gasteiger partial charge in [-0.2, -0.15) is 0 Å². The van der Waals surface area contributed by atoms with Crippen LogP contribution in [0.15, 0.2) is 0 Å². The lowest BCUT2D eigenvalue weighted by atomic mass is 10.1. The Kier molecular flexibility index (Phi) is 5.45. The molecule has 0 spiro atoms. The maximum absolute atomic E-state index is 12.3. The van der Waals surface area contributed by atoms with E-state index in [1.54, 1.807) is 0 Å². The molecule has 1 heterocycles. The summed E-state index contributed by atoms with van der Waals surface area (Å²) in [5, 5.41) is 2.89. The van der Waals surface area contributed by atoms with E-state index >= 15 is 0 Å². The van der Waals surface area contributed by atoms with Crippen LogP contribution in [0.25, 0.3) is 0 Å². The van der Waals surface area contributed by atoms with Crippen molar-refractivity contribution in [2.24, 2.45) is 0 Å². The number of methoxy groups -OCH3 is 2. The lowest BCUT2D eigenvalue weighted by Gasteiger charge is -2.27. The summed E-state index contributed by atoms with van der Waals surface area (Å²) >= 11 is 18.9. The van der Waals surface area contributed by atoms with Crippen molar-refractivity contribution in [2.45, 2.75) is 25.7 Å². The van der Waals surface area contributed by atoms with Crippen LogP contribution < -0.4 is 10.1 Å². The number of unbranched alkanes of at least 4 members (excludes halogenated alkanes) is 1. The average molecular weight is 369 g/mol. The van der Waals surface area contributed by atoms with Gasteiger partial charge < -0.3 is 14.2 Å². The van der Waals surface area contributed by atoms with Crippen molar-refractivity contribution in [3.8, 4) is 5.75 Å². The summed E-state index contributed by atoms with van der Waals surface area (Å²) < 4.78 is 16.1. The standard InChI is InChI=1S/C14H16Cl3NO4/c1-4-5-6-22-12-9(15)7-8(10(16)11(12)17)14(20-2,21-3)18-13(7)19/h4-6H2,1-3H3,(H,18,19). The molecule has 0 saturated carbocycles. The molecular formula is C14H16Cl3NO4. The molecule has 0 radical (unpaired) electrons. The maximum atomic E-state index is 12.3. The fourth-order valence-corrected chi connectivity index (χ4v) is 3.20. The van der Waals surface area contributed by atoms with Gasteiger partial charge in [0.15, 0.2) is 5.75 Å². The molecule has 2 rings (SSSR count). The van der Waals surface area contributed by atoms with Gasteiger partial charge in [-0.05, 0) is 6.42 Å². The van der Waals surface area contributed by atoms with E-state index in [0.717, 1.165) is 12.8 Å². The Bertz CT molecular complexity index is 602. The van der Waals surface area contributed by atoms with E-state index in [9.17, 15) is 4.79 Å². The molecule has 0 atom stereocenters. The molecule has 1 aliphatic heterocycles. The molecule has 1 aromatic carbocycles. The Morgan fingerprint density at radius 1 is 1.09 bits per heavy atom. The van der Waals surface area contributed by atoms with Gasteiger partial charge in [0, 0.05) is 14.2 Å². The second-order valence-electron chi connectivity index (χ2n) is 4.70. The molecule has 1 aliphatic rings. The molecule has 0 aliphatic carbocycles. The number of ether oxygens (including phenoxy) is 3. The van der Waals surface area contributed by atoms with Crippen molar-refractivity contribution in [1.82, 2.24) is 5.32 Å². The van der Waals surface area contributed by atoms with Crippen LogP contribution in [0.1, 0.15) is 35.7 Å². The van der Waals surface area contributed by atoms with Gasteiger partial charge in [-0.1, -0.05) is 48.1 Å². The van der Waals surface area contributed by atoms with E-state index in [0.29, 0.717) is 6.61 Å². The van der Waals surface area contributed by atoms with Crippen LogP contribution in [0.3, 0.4) is 0 Å². The number of benzene rings is 1. The van der Waals surface area contributed by atoms with Gasteiger partial charge in [0.25, 0.3) is 11.8 Å². The molecule has 0 fully saturated rings. The van der Waals surface area contributed by atoms with Gasteiger partial charge in [-0.15, -0.1) is 0 Å². The highest BCUT2D eigenvalue weighted by atomic mass is 35.5. The Morgan fingerprint density at radius 3 is 2.27 bits per heavy atom. The van der Waals surface area contributed by atoms with Crippen molar-refractivity contribution in [3.05, 3.63) is 26.2 Å². The second-order valence-corrected chi connectivity index (χ2v) is 5.84. The first-order valence-corrected chi connectivity index (χ1v) is 7.83. The largest absolute Gasteiger partial charge is 0.490 e. The van der Waals surface area contributed by atoms with E-state index < -0.39 is 11.8 Å². The van der Waals surface area contributed by atoms with Crippen LogP contribution in [0.4, 0.5) is 0 Å². The lowest BCUT2D eigenvalue weighted by molar-refractivity contribution is -0.225. The third-order valence-corrected chi connectivity index (χ3v) is 4.63. The number of hydrogen-bond donors (Lipinski definition) is 1. The molecular weight excluding hydrogens is 353 g/mol. The Morgan fingerprint density at radius 2 is 1.73 bits per heavy atom. The Hall–Kier alpha value is -0.720. The first-order chi connectivity index (χ1) is 10.4. The number of rotatable bonds is 6. The van der Waals surface area contributed by atoms with Gasteiger partial charge in [0.05, 0.1) is 27.8 Å². The summed E-state index contributed by atoms with van der Waals surface area (Å²) in [6.07, 6.45) is 1.78. The summed E-state index contributed by atoms with van der Waals surface area (Å²) in [5.74, 6) is -1.79. The highest BCUT2D eigenvalue weighted by Crippen LogP contribution is 2.50. The van der Waals surface area contributed by atoms with Crippen LogP contribution in [0.5, 0.6) is 5.75 Å². The summed E-state index contributed by atoms with van der Waals surface area (Å²) in [4.78, 5) is 12.3. The molecule has 0 saturated heterocycles. The van der Waals surface area contributed by atoms with Gasteiger partial charge in [0.2, 0.25) is 0 Å². The first-order valence-electron chi connectivity index (χ1n) is 6.70. The number of carbonyl (C=O) groups is 1. The molecule has 8 heteroatoms. The van der Waals surface area contributed by atoms with Crippen LogP contribution >= 0.6 is 34.8 Å². The fourth-order valence-electron chi connectivity index (χ4n) is 2.27. The zero-order chi connectivity index (χ0) is 16.5. The third-order valence-electron chi connectivity index (χ3n) is 3.43. The molecule has 0 unspecified atom stereocenters. The van der Waals surface area contributed by atoms with Crippen molar-refractivity contribution < 1.29 is 19.0 Å². The number of fused-ring (bicyclic) bond motifs is 1. The number of halogens is 3. The van der Waals surface area contributed by atoms with E-state index in [2.05, 4.69) is 5.32 Å². The van der Waals surface area contributed by atoms with Crippen LogP contribution in [0, 0.1) is 0 Å². The predicted molar refractivity (Wildman–Crippen MR) is 85.0 cm³/mol. The summed E-state index contributed by atoms with van der Waals surface area (Å²) in [6, 6.07) is 0. The molecule has 1 N–H and O–H groups in total. The highest BCUT2D eigenvalue weighted by molar-refractivity contribution is 6.47. The fraction of sp³-hybridized carbons (Fsp3) is 0.500. The van der Waals surface area contributed by atoms with E-state index in [-0.39, 0.29) is 31.9 Å². The minimum atomic E-state index is -1.52. The molecule has 1 aromatic rings. The van der Waals surface area contributed by atoms with E-state index in [1.165, 1.54) is 14.2 Å². The quantitative estimate of drug-likeness (QED) is 0.469. The molecule has 122 valence electrons. The van der Waals surface area contributed by atoms with Crippen molar-refractivity contribution in [1.29, 1.82) is 0 Å². The molecule has 0 bridgehead atoms. The minimum Gasteiger partial charge on any atom is -0.490 e. The predicted octanol–water partition coefficient (Wildman–Crippen LogP) is 3.97. The van der Waals surface area contributed by atoms with Gasteiger partial charge in [0.1, 0.15) is 5.02 Å². The monoisotopic (exact) mass is 367 g/mol. The minimum absolute atomic E-state index is 0.0916. The number of hydrogen-bond acceptors (Lipinski definition) is 4. The van der Waals surface area contributed by atoms with Gasteiger partial charge in [-0.3, -0.25) is 10.1 Å².